The lowest BCUT2D eigenvalue weighted by atomic mass is 10.1. The van der Waals surface area contributed by atoms with Crippen LogP contribution in [-0.2, 0) is 6.42 Å². The van der Waals surface area contributed by atoms with Crippen LogP contribution in [0.4, 0.5) is 5.69 Å². The average molecular weight is 377 g/mol. The molecular formula is C23H27N3O2. The number of carbonyl (C=O) groups is 1. The Balaban J connectivity index is 1.56. The van der Waals surface area contributed by atoms with Gasteiger partial charge in [0.2, 0.25) is 5.89 Å². The number of hydrogen-bond acceptors (Lipinski definition) is 4. The van der Waals surface area contributed by atoms with E-state index in [0.717, 1.165) is 35.8 Å². The maximum Gasteiger partial charge on any atom is 0.251 e. The third-order valence-electron chi connectivity index (χ3n) is 4.82. The fourth-order valence-electron chi connectivity index (χ4n) is 3.17. The van der Waals surface area contributed by atoms with Crippen LogP contribution in [0, 0.1) is 6.92 Å². The van der Waals surface area contributed by atoms with E-state index in [-0.39, 0.29) is 5.91 Å². The van der Waals surface area contributed by atoms with Gasteiger partial charge in [0.25, 0.3) is 5.91 Å². The van der Waals surface area contributed by atoms with Crippen LogP contribution < -0.4 is 10.2 Å². The molecule has 28 heavy (non-hydrogen) atoms. The molecule has 5 nitrogen and oxygen atoms in total. The van der Waals surface area contributed by atoms with Crippen LogP contribution in [0.5, 0.6) is 0 Å². The molecule has 0 unspecified atom stereocenters. The second-order valence-corrected chi connectivity index (χ2v) is 6.61. The van der Waals surface area contributed by atoms with Crippen molar-refractivity contribution in [1.82, 2.24) is 10.3 Å². The molecule has 0 atom stereocenters. The van der Waals surface area contributed by atoms with E-state index in [9.17, 15) is 4.79 Å². The third kappa shape index (κ3) is 4.60. The van der Waals surface area contributed by atoms with Gasteiger partial charge in [0.1, 0.15) is 5.76 Å². The lowest BCUT2D eigenvalue weighted by Crippen LogP contribution is -2.26. The average Bonchev–Trinajstić information content (AvgIpc) is 3.10. The molecule has 0 bridgehead atoms. The standard InChI is InChI=1S/C23H27N3O2/c1-4-26(5-2)20-13-11-18(12-14-20)22(27)24-16-15-21-17(3)28-23(25-21)19-9-7-6-8-10-19/h6-14H,4-5,15-16H2,1-3H3,(H,24,27). The second-order valence-electron chi connectivity index (χ2n) is 6.61. The molecule has 1 amide bonds. The van der Waals surface area contributed by atoms with Gasteiger partial charge in [0.15, 0.2) is 0 Å². The second kappa shape index (κ2) is 9.22. The summed E-state index contributed by atoms with van der Waals surface area (Å²) in [6, 6.07) is 17.6. The number of rotatable bonds is 8. The molecule has 0 radical (unpaired) electrons. The van der Waals surface area contributed by atoms with Gasteiger partial charge in [-0.25, -0.2) is 4.98 Å². The summed E-state index contributed by atoms with van der Waals surface area (Å²) in [5.41, 5.74) is 3.62. The first-order chi connectivity index (χ1) is 13.6. The SMILES string of the molecule is CCN(CC)c1ccc(C(=O)NCCc2nc(-c3ccccc3)oc2C)cc1. The highest BCUT2D eigenvalue weighted by Crippen LogP contribution is 2.21. The number of aromatic nitrogens is 1. The Hall–Kier alpha value is -3.08. The first kappa shape index (κ1) is 19.7. The molecule has 3 rings (SSSR count). The van der Waals surface area contributed by atoms with Crippen LogP contribution >= 0.6 is 0 Å². The van der Waals surface area contributed by atoms with E-state index in [2.05, 4.69) is 29.0 Å². The molecular weight excluding hydrogens is 350 g/mol. The van der Waals surface area contributed by atoms with E-state index in [1.807, 2.05) is 61.5 Å². The number of aryl methyl sites for hydroxylation is 1. The van der Waals surface area contributed by atoms with Gasteiger partial charge in [0.05, 0.1) is 5.69 Å². The van der Waals surface area contributed by atoms with Crippen molar-refractivity contribution in [1.29, 1.82) is 0 Å². The zero-order valence-electron chi connectivity index (χ0n) is 16.7. The summed E-state index contributed by atoms with van der Waals surface area (Å²) in [6.07, 6.45) is 0.630. The van der Waals surface area contributed by atoms with Crippen LogP contribution in [0.15, 0.2) is 59.0 Å². The lowest BCUT2D eigenvalue weighted by Gasteiger charge is -2.21. The minimum atomic E-state index is -0.0736. The van der Waals surface area contributed by atoms with Crippen molar-refractivity contribution in [3.63, 3.8) is 0 Å². The van der Waals surface area contributed by atoms with Gasteiger partial charge in [-0.15, -0.1) is 0 Å². The van der Waals surface area contributed by atoms with E-state index >= 15 is 0 Å². The van der Waals surface area contributed by atoms with Crippen LogP contribution in [-0.4, -0.2) is 30.5 Å². The van der Waals surface area contributed by atoms with Crippen LogP contribution in [0.2, 0.25) is 0 Å². The van der Waals surface area contributed by atoms with Gasteiger partial charge in [-0.3, -0.25) is 4.79 Å². The fourth-order valence-corrected chi connectivity index (χ4v) is 3.17. The number of hydrogen-bond donors (Lipinski definition) is 1. The monoisotopic (exact) mass is 377 g/mol. The summed E-state index contributed by atoms with van der Waals surface area (Å²) in [5.74, 6) is 1.33. The molecule has 0 spiro atoms. The maximum absolute atomic E-state index is 12.4. The molecule has 146 valence electrons. The van der Waals surface area contributed by atoms with Crippen molar-refractivity contribution in [2.75, 3.05) is 24.5 Å². The Labute approximate surface area is 166 Å². The van der Waals surface area contributed by atoms with E-state index in [0.29, 0.717) is 24.4 Å². The van der Waals surface area contributed by atoms with Gasteiger partial charge in [-0.1, -0.05) is 18.2 Å². The van der Waals surface area contributed by atoms with Crippen molar-refractivity contribution in [2.45, 2.75) is 27.2 Å². The van der Waals surface area contributed by atoms with E-state index in [1.165, 1.54) is 0 Å². The van der Waals surface area contributed by atoms with Crippen molar-refractivity contribution >= 4 is 11.6 Å². The molecule has 1 heterocycles. The molecule has 1 N–H and O–H groups in total. The third-order valence-corrected chi connectivity index (χ3v) is 4.82. The highest BCUT2D eigenvalue weighted by Gasteiger charge is 2.12. The Morgan fingerprint density at radius 1 is 1.04 bits per heavy atom. The topological polar surface area (TPSA) is 58.4 Å². The van der Waals surface area contributed by atoms with Gasteiger partial charge >= 0.3 is 0 Å². The quantitative estimate of drug-likeness (QED) is 0.629. The summed E-state index contributed by atoms with van der Waals surface area (Å²) in [6.45, 7) is 8.56. The number of amides is 1. The van der Waals surface area contributed by atoms with E-state index in [4.69, 9.17) is 4.42 Å². The van der Waals surface area contributed by atoms with E-state index in [1.54, 1.807) is 0 Å². The molecule has 0 fully saturated rings. The zero-order valence-corrected chi connectivity index (χ0v) is 16.7. The highest BCUT2D eigenvalue weighted by molar-refractivity contribution is 5.94. The minimum absolute atomic E-state index is 0.0736. The first-order valence-electron chi connectivity index (χ1n) is 9.77. The molecule has 0 saturated heterocycles. The normalized spacial score (nSPS) is 10.7. The minimum Gasteiger partial charge on any atom is -0.441 e. The number of anilines is 1. The molecule has 0 aliphatic carbocycles. The molecule has 0 aliphatic heterocycles. The van der Waals surface area contributed by atoms with Gasteiger partial charge in [-0.05, 0) is 57.2 Å². The summed E-state index contributed by atoms with van der Waals surface area (Å²) < 4.78 is 5.77. The predicted octanol–water partition coefficient (Wildman–Crippen LogP) is 4.47. The van der Waals surface area contributed by atoms with Crippen molar-refractivity contribution < 1.29 is 9.21 Å². The Morgan fingerprint density at radius 3 is 2.36 bits per heavy atom. The maximum atomic E-state index is 12.4. The first-order valence-corrected chi connectivity index (χ1v) is 9.77. The zero-order chi connectivity index (χ0) is 19.9. The van der Waals surface area contributed by atoms with Gasteiger partial charge in [0, 0.05) is 42.9 Å². The van der Waals surface area contributed by atoms with Crippen LogP contribution in [0.1, 0.15) is 35.7 Å². The molecule has 5 heteroatoms. The summed E-state index contributed by atoms with van der Waals surface area (Å²) >= 11 is 0. The number of carbonyl (C=O) groups excluding carboxylic acids is 1. The fraction of sp³-hybridized carbons (Fsp3) is 0.304. The lowest BCUT2D eigenvalue weighted by molar-refractivity contribution is 0.0954. The predicted molar refractivity (Wildman–Crippen MR) is 113 cm³/mol. The molecule has 0 aliphatic rings. The number of benzene rings is 2. The molecule has 2 aromatic carbocycles. The summed E-state index contributed by atoms with van der Waals surface area (Å²) in [7, 11) is 0. The van der Waals surface area contributed by atoms with Crippen molar-refractivity contribution in [3.8, 4) is 11.5 Å². The largest absolute Gasteiger partial charge is 0.441 e. The Kier molecular flexibility index (Phi) is 6.48. The van der Waals surface area contributed by atoms with Crippen molar-refractivity contribution in [3.05, 3.63) is 71.6 Å². The van der Waals surface area contributed by atoms with Gasteiger partial charge < -0.3 is 14.6 Å². The Morgan fingerprint density at radius 2 is 1.71 bits per heavy atom. The Bertz CT molecular complexity index is 897. The van der Waals surface area contributed by atoms with E-state index < -0.39 is 0 Å². The smallest absolute Gasteiger partial charge is 0.251 e. The molecule has 3 aromatic rings. The number of nitrogens with zero attached hydrogens (tertiary/aromatic N) is 2. The van der Waals surface area contributed by atoms with Gasteiger partial charge in [-0.2, -0.15) is 0 Å². The summed E-state index contributed by atoms with van der Waals surface area (Å²) in [4.78, 5) is 19.2. The molecule has 1 aromatic heterocycles. The van der Waals surface area contributed by atoms with Crippen LogP contribution in [0.25, 0.3) is 11.5 Å². The summed E-state index contributed by atoms with van der Waals surface area (Å²) in [5, 5.41) is 2.97. The number of oxazole rings is 1. The number of nitrogens with one attached hydrogen (secondary N) is 1. The molecule has 0 saturated carbocycles. The van der Waals surface area contributed by atoms with Crippen molar-refractivity contribution in [2.24, 2.45) is 0 Å². The van der Waals surface area contributed by atoms with Crippen LogP contribution in [0.3, 0.4) is 0 Å². The highest BCUT2D eigenvalue weighted by atomic mass is 16.4.